The number of rotatable bonds is 3. The molecule has 8 heteroatoms. The lowest BCUT2D eigenvalue weighted by atomic mass is 10.1. The SMILES string of the molecule is Cc1ccc(C)c(N2CCN(S(=O)(=O)c3cccc(C(F)(F)F)c3)CC2)c1. The number of halogens is 3. The zero-order valence-electron chi connectivity index (χ0n) is 15.1. The molecular formula is C19H21F3N2O2S. The second-order valence-corrected chi connectivity index (χ2v) is 8.64. The van der Waals surface area contributed by atoms with Crippen LogP contribution in [0.5, 0.6) is 0 Å². The molecule has 0 radical (unpaired) electrons. The smallest absolute Gasteiger partial charge is 0.369 e. The molecule has 2 aromatic rings. The highest BCUT2D eigenvalue weighted by Crippen LogP contribution is 2.31. The molecule has 0 saturated carbocycles. The summed E-state index contributed by atoms with van der Waals surface area (Å²) in [5.41, 5.74) is 2.33. The van der Waals surface area contributed by atoms with E-state index in [0.29, 0.717) is 19.2 Å². The molecular weight excluding hydrogens is 377 g/mol. The van der Waals surface area contributed by atoms with Crippen molar-refractivity contribution in [3.05, 3.63) is 59.2 Å². The molecule has 1 saturated heterocycles. The van der Waals surface area contributed by atoms with E-state index >= 15 is 0 Å². The maximum absolute atomic E-state index is 12.9. The quantitative estimate of drug-likeness (QED) is 0.789. The predicted molar refractivity (Wildman–Crippen MR) is 98.3 cm³/mol. The van der Waals surface area contributed by atoms with Gasteiger partial charge in [0.05, 0.1) is 10.5 Å². The van der Waals surface area contributed by atoms with Gasteiger partial charge < -0.3 is 4.90 Å². The van der Waals surface area contributed by atoms with Crippen molar-refractivity contribution in [2.45, 2.75) is 24.9 Å². The number of piperazine rings is 1. The predicted octanol–water partition coefficient (Wildman–Crippen LogP) is 3.83. The molecule has 1 fully saturated rings. The largest absolute Gasteiger partial charge is 0.416 e. The lowest BCUT2D eigenvalue weighted by Crippen LogP contribution is -2.48. The van der Waals surface area contributed by atoms with Crippen LogP contribution in [0.2, 0.25) is 0 Å². The number of nitrogens with zero attached hydrogens (tertiary/aromatic N) is 2. The monoisotopic (exact) mass is 398 g/mol. The Morgan fingerprint density at radius 3 is 2.22 bits per heavy atom. The number of hydrogen-bond acceptors (Lipinski definition) is 3. The Balaban J connectivity index is 1.78. The fraction of sp³-hybridized carbons (Fsp3) is 0.368. The summed E-state index contributed by atoms with van der Waals surface area (Å²) in [5, 5.41) is 0. The van der Waals surface area contributed by atoms with Crippen molar-refractivity contribution < 1.29 is 21.6 Å². The maximum Gasteiger partial charge on any atom is 0.416 e. The number of anilines is 1. The fourth-order valence-corrected chi connectivity index (χ4v) is 4.68. The summed E-state index contributed by atoms with van der Waals surface area (Å²) in [5.74, 6) is 0. The Morgan fingerprint density at radius 1 is 0.926 bits per heavy atom. The van der Waals surface area contributed by atoms with Gasteiger partial charge in [-0.2, -0.15) is 17.5 Å². The van der Waals surface area contributed by atoms with Gasteiger partial charge in [0, 0.05) is 31.9 Å². The molecule has 2 aromatic carbocycles. The lowest BCUT2D eigenvalue weighted by molar-refractivity contribution is -0.137. The van der Waals surface area contributed by atoms with Gasteiger partial charge in [0.1, 0.15) is 0 Å². The third kappa shape index (κ3) is 4.11. The van der Waals surface area contributed by atoms with Gasteiger partial charge in [-0.25, -0.2) is 8.42 Å². The van der Waals surface area contributed by atoms with E-state index in [1.165, 1.54) is 10.4 Å². The third-order valence-electron chi connectivity index (χ3n) is 4.74. The number of sulfonamides is 1. The average molecular weight is 398 g/mol. The van der Waals surface area contributed by atoms with Crippen molar-refractivity contribution in [2.75, 3.05) is 31.1 Å². The normalized spacial score (nSPS) is 16.6. The first-order chi connectivity index (χ1) is 12.6. The van der Waals surface area contributed by atoms with E-state index < -0.39 is 21.8 Å². The summed E-state index contributed by atoms with van der Waals surface area (Å²) in [6.45, 7) is 5.43. The summed E-state index contributed by atoms with van der Waals surface area (Å²) in [6.07, 6.45) is -4.58. The minimum atomic E-state index is -4.58. The number of hydrogen-bond donors (Lipinski definition) is 0. The molecule has 0 unspecified atom stereocenters. The second-order valence-electron chi connectivity index (χ2n) is 6.71. The van der Waals surface area contributed by atoms with Gasteiger partial charge >= 0.3 is 6.18 Å². The minimum absolute atomic E-state index is 0.228. The van der Waals surface area contributed by atoms with E-state index in [0.717, 1.165) is 28.9 Å². The number of benzene rings is 2. The van der Waals surface area contributed by atoms with E-state index in [-0.39, 0.29) is 18.0 Å². The standard InChI is InChI=1S/C19H21F3N2O2S/c1-14-6-7-15(2)18(12-14)23-8-10-24(11-9-23)27(25,26)17-5-3-4-16(13-17)19(20,21)22/h3-7,12-13H,8-11H2,1-2H3. The van der Waals surface area contributed by atoms with Gasteiger partial charge in [0.25, 0.3) is 0 Å². The van der Waals surface area contributed by atoms with Crippen LogP contribution in [0.15, 0.2) is 47.4 Å². The van der Waals surface area contributed by atoms with Crippen LogP contribution < -0.4 is 4.90 Å². The molecule has 0 N–H and O–H groups in total. The first-order valence-electron chi connectivity index (χ1n) is 8.58. The average Bonchev–Trinajstić information content (AvgIpc) is 2.63. The minimum Gasteiger partial charge on any atom is -0.369 e. The fourth-order valence-electron chi connectivity index (χ4n) is 3.21. The first-order valence-corrected chi connectivity index (χ1v) is 10.0. The molecule has 0 atom stereocenters. The van der Waals surface area contributed by atoms with Gasteiger partial charge in [-0.1, -0.05) is 18.2 Å². The van der Waals surface area contributed by atoms with Crippen LogP contribution >= 0.6 is 0 Å². The van der Waals surface area contributed by atoms with Crippen LogP contribution in [0.25, 0.3) is 0 Å². The van der Waals surface area contributed by atoms with E-state index in [9.17, 15) is 21.6 Å². The molecule has 0 spiro atoms. The van der Waals surface area contributed by atoms with Crippen molar-refractivity contribution in [1.82, 2.24) is 4.31 Å². The molecule has 146 valence electrons. The molecule has 1 aliphatic heterocycles. The van der Waals surface area contributed by atoms with E-state index in [4.69, 9.17) is 0 Å². The Bertz CT molecular complexity index is 934. The van der Waals surface area contributed by atoms with Crippen molar-refractivity contribution in [3.63, 3.8) is 0 Å². The van der Waals surface area contributed by atoms with E-state index in [1.807, 2.05) is 26.0 Å². The van der Waals surface area contributed by atoms with Crippen molar-refractivity contribution >= 4 is 15.7 Å². The summed E-state index contributed by atoms with van der Waals surface area (Å²) in [4.78, 5) is 1.79. The topological polar surface area (TPSA) is 40.6 Å². The molecule has 3 rings (SSSR count). The lowest BCUT2D eigenvalue weighted by Gasteiger charge is -2.36. The summed E-state index contributed by atoms with van der Waals surface area (Å²) in [7, 11) is -3.96. The summed E-state index contributed by atoms with van der Waals surface area (Å²) < 4.78 is 65.5. The molecule has 27 heavy (non-hydrogen) atoms. The van der Waals surface area contributed by atoms with Crippen molar-refractivity contribution in [3.8, 4) is 0 Å². The van der Waals surface area contributed by atoms with E-state index in [2.05, 4.69) is 11.0 Å². The Hall–Kier alpha value is -2.06. The van der Waals surface area contributed by atoms with Gasteiger partial charge in [0.2, 0.25) is 10.0 Å². The Kier molecular flexibility index (Phi) is 5.22. The molecule has 4 nitrogen and oxygen atoms in total. The molecule has 0 aliphatic carbocycles. The van der Waals surface area contributed by atoms with Crippen molar-refractivity contribution in [1.29, 1.82) is 0 Å². The van der Waals surface area contributed by atoms with Crippen LogP contribution in [0.4, 0.5) is 18.9 Å². The molecule has 1 heterocycles. The van der Waals surface area contributed by atoms with E-state index in [1.54, 1.807) is 0 Å². The Labute approximate surface area is 157 Å². The maximum atomic E-state index is 12.9. The van der Waals surface area contributed by atoms with Gasteiger partial charge in [0.15, 0.2) is 0 Å². The zero-order chi connectivity index (χ0) is 19.8. The molecule has 0 bridgehead atoms. The Morgan fingerprint density at radius 2 is 1.59 bits per heavy atom. The van der Waals surface area contributed by atoms with Crippen LogP contribution in [0.1, 0.15) is 16.7 Å². The van der Waals surface area contributed by atoms with Gasteiger partial charge in [-0.15, -0.1) is 0 Å². The number of alkyl halides is 3. The van der Waals surface area contributed by atoms with Crippen LogP contribution in [-0.2, 0) is 16.2 Å². The van der Waals surface area contributed by atoms with Crippen LogP contribution in [0, 0.1) is 13.8 Å². The van der Waals surface area contributed by atoms with Crippen LogP contribution in [0.3, 0.4) is 0 Å². The molecule has 0 amide bonds. The zero-order valence-corrected chi connectivity index (χ0v) is 15.9. The molecule has 1 aliphatic rings. The second kappa shape index (κ2) is 7.16. The van der Waals surface area contributed by atoms with Gasteiger partial charge in [-0.05, 0) is 49.2 Å². The van der Waals surface area contributed by atoms with Crippen LogP contribution in [-0.4, -0.2) is 38.9 Å². The summed E-state index contributed by atoms with van der Waals surface area (Å²) >= 11 is 0. The highest BCUT2D eigenvalue weighted by Gasteiger charge is 2.34. The van der Waals surface area contributed by atoms with Gasteiger partial charge in [-0.3, -0.25) is 0 Å². The first kappa shape index (κ1) is 19.7. The highest BCUT2D eigenvalue weighted by atomic mass is 32.2. The summed E-state index contributed by atoms with van der Waals surface area (Å²) in [6, 6.07) is 10.0. The third-order valence-corrected chi connectivity index (χ3v) is 6.64. The van der Waals surface area contributed by atoms with Crippen molar-refractivity contribution in [2.24, 2.45) is 0 Å². The molecule has 0 aromatic heterocycles. The highest BCUT2D eigenvalue weighted by molar-refractivity contribution is 7.89. The number of aryl methyl sites for hydroxylation is 2.